The van der Waals surface area contributed by atoms with Gasteiger partial charge in [-0.05, 0) is 36.1 Å². The second-order valence-corrected chi connectivity index (χ2v) is 4.82. The number of ether oxygens (including phenoxy) is 1. The fourth-order valence-electron chi connectivity index (χ4n) is 1.63. The summed E-state index contributed by atoms with van der Waals surface area (Å²) >= 11 is 5.56. The van der Waals surface area contributed by atoms with Crippen molar-refractivity contribution in [3.8, 4) is 5.75 Å². The lowest BCUT2D eigenvalue weighted by Crippen LogP contribution is -2.21. The largest absolute Gasteiger partial charge is 0.491 e. The Morgan fingerprint density at radius 1 is 1.47 bits per heavy atom. The molecule has 4 heteroatoms. The Bertz CT molecular complexity index is 402. The molecule has 1 aromatic rings. The standard InChI is InChI=1S/C13H17ClO3/c1-8(2)11-5-4-10(6-9(11)3)17-7-12(14)13(15)16/h4-6,8,12H,7H2,1-3H3,(H,15,16). The van der Waals surface area contributed by atoms with Crippen molar-refractivity contribution in [2.75, 3.05) is 6.61 Å². The Balaban J connectivity index is 2.68. The molecule has 0 saturated carbocycles. The lowest BCUT2D eigenvalue weighted by molar-refractivity contribution is -0.137. The highest BCUT2D eigenvalue weighted by Crippen LogP contribution is 2.23. The molecule has 0 aliphatic heterocycles. The molecule has 0 aliphatic carbocycles. The monoisotopic (exact) mass is 256 g/mol. The van der Waals surface area contributed by atoms with E-state index >= 15 is 0 Å². The fraction of sp³-hybridized carbons (Fsp3) is 0.462. The molecular formula is C13H17ClO3. The van der Waals surface area contributed by atoms with Gasteiger partial charge in [0.15, 0.2) is 5.38 Å². The highest BCUT2D eigenvalue weighted by Gasteiger charge is 2.14. The third kappa shape index (κ3) is 3.93. The van der Waals surface area contributed by atoms with E-state index in [-0.39, 0.29) is 6.61 Å². The molecule has 1 rings (SSSR count). The molecule has 0 amide bonds. The first-order valence-corrected chi connectivity index (χ1v) is 5.95. The van der Waals surface area contributed by atoms with Crippen LogP contribution in [0.5, 0.6) is 5.75 Å². The molecule has 0 aliphatic rings. The van der Waals surface area contributed by atoms with Gasteiger partial charge in [0.25, 0.3) is 0 Å². The maximum atomic E-state index is 10.5. The first-order chi connectivity index (χ1) is 7.91. The lowest BCUT2D eigenvalue weighted by Gasteiger charge is -2.13. The van der Waals surface area contributed by atoms with Crippen molar-refractivity contribution >= 4 is 17.6 Å². The minimum absolute atomic E-state index is 0.0304. The fourth-order valence-corrected chi connectivity index (χ4v) is 1.69. The number of benzene rings is 1. The van der Waals surface area contributed by atoms with E-state index in [2.05, 4.69) is 13.8 Å². The number of alkyl halides is 1. The van der Waals surface area contributed by atoms with Crippen LogP contribution in [0.3, 0.4) is 0 Å². The molecule has 0 heterocycles. The summed E-state index contributed by atoms with van der Waals surface area (Å²) in [6.45, 7) is 6.24. The molecule has 0 radical (unpaired) electrons. The van der Waals surface area contributed by atoms with Gasteiger partial charge < -0.3 is 9.84 Å². The minimum Gasteiger partial charge on any atom is -0.491 e. The molecule has 17 heavy (non-hydrogen) atoms. The minimum atomic E-state index is -1.07. The van der Waals surface area contributed by atoms with Crippen molar-refractivity contribution < 1.29 is 14.6 Å². The van der Waals surface area contributed by atoms with E-state index in [0.29, 0.717) is 11.7 Å². The normalized spacial score (nSPS) is 12.5. The predicted molar refractivity (Wildman–Crippen MR) is 68.0 cm³/mol. The van der Waals surface area contributed by atoms with E-state index < -0.39 is 11.3 Å². The van der Waals surface area contributed by atoms with Gasteiger partial charge in [-0.2, -0.15) is 0 Å². The van der Waals surface area contributed by atoms with Gasteiger partial charge in [-0.25, -0.2) is 0 Å². The van der Waals surface area contributed by atoms with Crippen molar-refractivity contribution in [1.82, 2.24) is 0 Å². The van der Waals surface area contributed by atoms with Crippen molar-refractivity contribution in [3.63, 3.8) is 0 Å². The molecule has 3 nitrogen and oxygen atoms in total. The van der Waals surface area contributed by atoms with Crippen LogP contribution in [0, 0.1) is 6.92 Å². The number of aryl methyl sites for hydroxylation is 1. The van der Waals surface area contributed by atoms with Gasteiger partial charge in [-0.3, -0.25) is 4.79 Å². The SMILES string of the molecule is Cc1cc(OCC(Cl)C(=O)O)ccc1C(C)C. The predicted octanol–water partition coefficient (Wildman–Crippen LogP) is 3.19. The maximum absolute atomic E-state index is 10.5. The second-order valence-electron chi connectivity index (χ2n) is 4.29. The summed E-state index contributed by atoms with van der Waals surface area (Å²) < 4.78 is 5.33. The number of carbonyl (C=O) groups is 1. The topological polar surface area (TPSA) is 46.5 Å². The van der Waals surface area contributed by atoms with Gasteiger partial charge in [0, 0.05) is 0 Å². The van der Waals surface area contributed by atoms with Gasteiger partial charge in [-0.1, -0.05) is 19.9 Å². The Hall–Kier alpha value is -1.22. The van der Waals surface area contributed by atoms with E-state index in [4.69, 9.17) is 21.4 Å². The van der Waals surface area contributed by atoms with Gasteiger partial charge >= 0.3 is 5.97 Å². The quantitative estimate of drug-likeness (QED) is 0.823. The molecular weight excluding hydrogens is 240 g/mol. The number of hydrogen-bond donors (Lipinski definition) is 1. The average Bonchev–Trinajstić information content (AvgIpc) is 2.25. The lowest BCUT2D eigenvalue weighted by atomic mass is 9.98. The third-order valence-electron chi connectivity index (χ3n) is 2.53. The molecule has 94 valence electrons. The van der Waals surface area contributed by atoms with Crippen LogP contribution in [0.1, 0.15) is 30.9 Å². The Kier molecular flexibility index (Phi) is 4.82. The van der Waals surface area contributed by atoms with Crippen LogP contribution in [0.2, 0.25) is 0 Å². The molecule has 0 aromatic heterocycles. The summed E-state index contributed by atoms with van der Waals surface area (Å²) in [7, 11) is 0. The van der Waals surface area contributed by atoms with E-state index in [1.165, 1.54) is 5.56 Å². The number of rotatable bonds is 5. The van der Waals surface area contributed by atoms with Gasteiger partial charge in [-0.15, -0.1) is 11.6 Å². The van der Waals surface area contributed by atoms with Crippen LogP contribution in [0.25, 0.3) is 0 Å². The second kappa shape index (κ2) is 5.92. The summed E-state index contributed by atoms with van der Waals surface area (Å²) in [6, 6.07) is 5.74. The zero-order valence-corrected chi connectivity index (χ0v) is 11.0. The highest BCUT2D eigenvalue weighted by atomic mass is 35.5. The highest BCUT2D eigenvalue weighted by molar-refractivity contribution is 6.29. The van der Waals surface area contributed by atoms with E-state index in [1.54, 1.807) is 0 Å². The zero-order chi connectivity index (χ0) is 13.0. The molecule has 1 N–H and O–H groups in total. The summed E-state index contributed by atoms with van der Waals surface area (Å²) in [5.74, 6) is 0.0461. The summed E-state index contributed by atoms with van der Waals surface area (Å²) in [4.78, 5) is 10.5. The van der Waals surface area contributed by atoms with Crippen molar-refractivity contribution in [2.45, 2.75) is 32.1 Å². The van der Waals surface area contributed by atoms with E-state index in [9.17, 15) is 4.79 Å². The average molecular weight is 257 g/mol. The zero-order valence-electron chi connectivity index (χ0n) is 10.2. The molecule has 1 atom stereocenters. The van der Waals surface area contributed by atoms with E-state index in [0.717, 1.165) is 5.56 Å². The molecule has 0 fully saturated rings. The first-order valence-electron chi connectivity index (χ1n) is 5.52. The number of carboxylic acids is 1. The Labute approximate surface area is 106 Å². The van der Waals surface area contributed by atoms with Gasteiger partial charge in [0.05, 0.1) is 0 Å². The first kappa shape index (κ1) is 13.8. The van der Waals surface area contributed by atoms with Crippen molar-refractivity contribution in [2.24, 2.45) is 0 Å². The number of hydrogen-bond acceptors (Lipinski definition) is 2. The Morgan fingerprint density at radius 2 is 2.12 bits per heavy atom. The van der Waals surface area contributed by atoms with Crippen LogP contribution in [0.15, 0.2) is 18.2 Å². The molecule has 0 bridgehead atoms. The summed E-state index contributed by atoms with van der Waals surface area (Å²) in [5, 5.41) is 7.61. The van der Waals surface area contributed by atoms with Crippen LogP contribution in [-0.4, -0.2) is 23.1 Å². The molecule has 0 spiro atoms. The molecule has 0 saturated heterocycles. The van der Waals surface area contributed by atoms with Gasteiger partial charge in [0.1, 0.15) is 12.4 Å². The number of halogens is 1. The molecule has 1 aromatic carbocycles. The number of carboxylic acid groups (broad SMARTS) is 1. The van der Waals surface area contributed by atoms with Crippen LogP contribution in [-0.2, 0) is 4.79 Å². The van der Waals surface area contributed by atoms with Crippen LogP contribution < -0.4 is 4.74 Å². The van der Waals surface area contributed by atoms with Crippen molar-refractivity contribution in [1.29, 1.82) is 0 Å². The van der Waals surface area contributed by atoms with Crippen LogP contribution >= 0.6 is 11.6 Å². The van der Waals surface area contributed by atoms with Crippen LogP contribution in [0.4, 0.5) is 0 Å². The maximum Gasteiger partial charge on any atom is 0.325 e. The van der Waals surface area contributed by atoms with E-state index in [1.807, 2.05) is 25.1 Å². The smallest absolute Gasteiger partial charge is 0.325 e. The molecule has 1 unspecified atom stereocenters. The Morgan fingerprint density at radius 3 is 2.59 bits per heavy atom. The summed E-state index contributed by atoms with van der Waals surface area (Å²) in [6.07, 6.45) is 0. The van der Waals surface area contributed by atoms with Crippen molar-refractivity contribution in [3.05, 3.63) is 29.3 Å². The number of aliphatic carboxylic acids is 1. The third-order valence-corrected chi connectivity index (χ3v) is 2.84. The summed E-state index contributed by atoms with van der Waals surface area (Å²) in [5.41, 5.74) is 2.40. The van der Waals surface area contributed by atoms with Gasteiger partial charge in [0.2, 0.25) is 0 Å².